The standard InChI is InChI=1S/C15H16INO3S/c16-11-4-1-5-12(10-11)20-13(14-7-3-9-21-14)6-2-8-19-15(17)18/h1,3-5,7,9-10,13H,2,6,8H2,(H2,17,18). The van der Waals surface area contributed by atoms with E-state index in [1.54, 1.807) is 11.3 Å². The predicted octanol–water partition coefficient (Wildman–Crippen LogP) is 4.35. The summed E-state index contributed by atoms with van der Waals surface area (Å²) in [5.41, 5.74) is 4.95. The number of thiophene rings is 1. The average molecular weight is 417 g/mol. The van der Waals surface area contributed by atoms with Crippen molar-refractivity contribution in [1.29, 1.82) is 0 Å². The normalized spacial score (nSPS) is 11.9. The molecule has 4 nitrogen and oxygen atoms in total. The molecule has 1 heterocycles. The molecule has 0 saturated heterocycles. The minimum Gasteiger partial charge on any atom is -0.485 e. The molecule has 0 aliphatic carbocycles. The summed E-state index contributed by atoms with van der Waals surface area (Å²) in [6.45, 7) is 0.312. The quantitative estimate of drug-likeness (QED) is 0.538. The predicted molar refractivity (Wildman–Crippen MR) is 91.6 cm³/mol. The molecule has 0 aliphatic rings. The number of rotatable bonds is 7. The van der Waals surface area contributed by atoms with Gasteiger partial charge in [0.25, 0.3) is 0 Å². The minimum atomic E-state index is -0.735. The maximum atomic E-state index is 10.6. The van der Waals surface area contributed by atoms with Gasteiger partial charge in [0.15, 0.2) is 0 Å². The molecule has 0 aliphatic heterocycles. The third-order valence-corrected chi connectivity index (χ3v) is 4.43. The van der Waals surface area contributed by atoms with Gasteiger partial charge in [-0.1, -0.05) is 12.1 Å². The fourth-order valence-corrected chi connectivity index (χ4v) is 3.18. The third kappa shape index (κ3) is 5.55. The third-order valence-electron chi connectivity index (χ3n) is 2.79. The molecule has 0 bridgehead atoms. The molecule has 0 saturated carbocycles. The highest BCUT2D eigenvalue weighted by Gasteiger charge is 2.15. The second kappa shape index (κ2) is 8.23. The Balaban J connectivity index is 1.98. The Bertz CT molecular complexity index is 574. The summed E-state index contributed by atoms with van der Waals surface area (Å²) in [4.78, 5) is 11.7. The smallest absolute Gasteiger partial charge is 0.404 e. The molecule has 0 spiro atoms. The van der Waals surface area contributed by atoms with Crippen LogP contribution in [0.4, 0.5) is 4.79 Å². The lowest BCUT2D eigenvalue weighted by atomic mass is 10.1. The number of carbonyl (C=O) groups excluding carboxylic acids is 1. The molecule has 0 fully saturated rings. The molecule has 1 aromatic heterocycles. The Morgan fingerprint density at radius 3 is 2.86 bits per heavy atom. The Kier molecular flexibility index (Phi) is 6.31. The fraction of sp³-hybridized carbons (Fsp3) is 0.267. The lowest BCUT2D eigenvalue weighted by molar-refractivity contribution is 0.141. The maximum Gasteiger partial charge on any atom is 0.404 e. The highest BCUT2D eigenvalue weighted by Crippen LogP contribution is 2.29. The van der Waals surface area contributed by atoms with Gasteiger partial charge in [0.1, 0.15) is 11.9 Å². The monoisotopic (exact) mass is 417 g/mol. The lowest BCUT2D eigenvalue weighted by Crippen LogP contribution is -2.15. The number of hydrogen-bond donors (Lipinski definition) is 1. The summed E-state index contributed by atoms with van der Waals surface area (Å²) in [5, 5.41) is 2.03. The average Bonchev–Trinajstić information content (AvgIpc) is 2.96. The van der Waals surface area contributed by atoms with E-state index < -0.39 is 6.09 Å². The number of benzene rings is 1. The van der Waals surface area contributed by atoms with Crippen LogP contribution in [-0.4, -0.2) is 12.7 Å². The van der Waals surface area contributed by atoms with Crippen molar-refractivity contribution in [2.24, 2.45) is 5.73 Å². The van der Waals surface area contributed by atoms with E-state index in [1.165, 1.54) is 0 Å². The van der Waals surface area contributed by atoms with E-state index in [0.29, 0.717) is 13.0 Å². The van der Waals surface area contributed by atoms with Crippen LogP contribution in [0.1, 0.15) is 23.8 Å². The van der Waals surface area contributed by atoms with Crippen LogP contribution >= 0.6 is 33.9 Å². The zero-order chi connectivity index (χ0) is 15.1. The van der Waals surface area contributed by atoms with Crippen LogP contribution in [0.2, 0.25) is 0 Å². The van der Waals surface area contributed by atoms with E-state index in [2.05, 4.69) is 28.7 Å². The second-order valence-corrected chi connectivity index (χ2v) is 6.61. The van der Waals surface area contributed by atoms with Gasteiger partial charge < -0.3 is 15.2 Å². The molecule has 1 aromatic carbocycles. The molecule has 1 atom stereocenters. The molecule has 0 radical (unpaired) electrons. The largest absolute Gasteiger partial charge is 0.485 e. The summed E-state index contributed by atoms with van der Waals surface area (Å²) in [5.74, 6) is 0.844. The molecule has 2 aromatic rings. The molecular weight excluding hydrogens is 401 g/mol. The van der Waals surface area contributed by atoms with Crippen LogP contribution < -0.4 is 10.5 Å². The minimum absolute atomic E-state index is 0.0420. The van der Waals surface area contributed by atoms with Crippen molar-refractivity contribution in [3.8, 4) is 5.75 Å². The molecule has 2 N–H and O–H groups in total. The van der Waals surface area contributed by atoms with Crippen molar-refractivity contribution < 1.29 is 14.3 Å². The van der Waals surface area contributed by atoms with Gasteiger partial charge in [0, 0.05) is 8.45 Å². The van der Waals surface area contributed by atoms with Crippen LogP contribution in [0.3, 0.4) is 0 Å². The summed E-state index contributed by atoms with van der Waals surface area (Å²) in [6, 6.07) is 12.0. The molecule has 21 heavy (non-hydrogen) atoms. The number of halogens is 1. The van der Waals surface area contributed by atoms with E-state index in [9.17, 15) is 4.79 Å². The Morgan fingerprint density at radius 1 is 1.33 bits per heavy atom. The topological polar surface area (TPSA) is 61.6 Å². The zero-order valence-electron chi connectivity index (χ0n) is 11.3. The van der Waals surface area contributed by atoms with Crippen LogP contribution in [0.5, 0.6) is 5.75 Å². The Labute approximate surface area is 141 Å². The first-order valence-electron chi connectivity index (χ1n) is 6.53. The van der Waals surface area contributed by atoms with Crippen molar-refractivity contribution in [1.82, 2.24) is 0 Å². The van der Waals surface area contributed by atoms with E-state index in [0.717, 1.165) is 20.6 Å². The van der Waals surface area contributed by atoms with Crippen molar-refractivity contribution in [3.63, 3.8) is 0 Å². The fourth-order valence-electron chi connectivity index (χ4n) is 1.88. The number of carbonyl (C=O) groups is 1. The van der Waals surface area contributed by atoms with Crippen LogP contribution in [0, 0.1) is 3.57 Å². The molecule has 6 heteroatoms. The first kappa shape index (κ1) is 16.1. The Hall–Kier alpha value is -1.28. The highest BCUT2D eigenvalue weighted by atomic mass is 127. The summed E-state index contributed by atoms with van der Waals surface area (Å²) in [7, 11) is 0. The number of primary amides is 1. The molecule has 112 valence electrons. The van der Waals surface area contributed by atoms with Gasteiger partial charge in [-0.25, -0.2) is 4.79 Å². The van der Waals surface area contributed by atoms with E-state index >= 15 is 0 Å². The maximum absolute atomic E-state index is 10.6. The van der Waals surface area contributed by atoms with Crippen LogP contribution in [0.15, 0.2) is 41.8 Å². The van der Waals surface area contributed by atoms with Gasteiger partial charge in [0.2, 0.25) is 0 Å². The number of nitrogens with two attached hydrogens (primary N) is 1. The van der Waals surface area contributed by atoms with Gasteiger partial charge in [-0.15, -0.1) is 11.3 Å². The van der Waals surface area contributed by atoms with Gasteiger partial charge in [-0.05, 0) is 65.1 Å². The first-order valence-corrected chi connectivity index (χ1v) is 8.49. The van der Waals surface area contributed by atoms with E-state index in [-0.39, 0.29) is 6.10 Å². The van der Waals surface area contributed by atoms with Crippen molar-refractivity contribution in [2.75, 3.05) is 6.61 Å². The molecule has 1 amide bonds. The molecular formula is C15H16INO3S. The number of amides is 1. The zero-order valence-corrected chi connectivity index (χ0v) is 14.3. The van der Waals surface area contributed by atoms with Gasteiger partial charge in [-0.3, -0.25) is 0 Å². The van der Waals surface area contributed by atoms with Gasteiger partial charge in [0.05, 0.1) is 6.61 Å². The summed E-state index contributed by atoms with van der Waals surface area (Å²) in [6.07, 6.45) is 0.690. The number of ether oxygens (including phenoxy) is 2. The van der Waals surface area contributed by atoms with Crippen molar-refractivity contribution in [3.05, 3.63) is 50.2 Å². The van der Waals surface area contributed by atoms with Crippen LogP contribution in [-0.2, 0) is 4.74 Å². The Morgan fingerprint density at radius 2 is 2.19 bits per heavy atom. The summed E-state index contributed by atoms with van der Waals surface area (Å²) < 4.78 is 12.0. The van der Waals surface area contributed by atoms with E-state index in [4.69, 9.17) is 15.2 Å². The molecule has 2 rings (SSSR count). The van der Waals surface area contributed by atoms with Crippen molar-refractivity contribution in [2.45, 2.75) is 18.9 Å². The van der Waals surface area contributed by atoms with Crippen molar-refractivity contribution >= 4 is 40.0 Å². The van der Waals surface area contributed by atoms with E-state index in [1.807, 2.05) is 35.7 Å². The van der Waals surface area contributed by atoms with Gasteiger partial charge in [-0.2, -0.15) is 0 Å². The summed E-state index contributed by atoms with van der Waals surface area (Å²) >= 11 is 3.92. The first-order chi connectivity index (χ1) is 10.1. The second-order valence-electron chi connectivity index (χ2n) is 4.39. The van der Waals surface area contributed by atoms with Crippen LogP contribution in [0.25, 0.3) is 0 Å². The highest BCUT2D eigenvalue weighted by molar-refractivity contribution is 14.1. The lowest BCUT2D eigenvalue weighted by Gasteiger charge is -2.18. The SMILES string of the molecule is NC(=O)OCCCC(Oc1cccc(I)c1)c1cccs1. The van der Waals surface area contributed by atoms with Gasteiger partial charge >= 0.3 is 6.09 Å². The number of hydrogen-bond acceptors (Lipinski definition) is 4. The molecule has 1 unspecified atom stereocenters.